The first-order valence-electron chi connectivity index (χ1n) is 11.0. The van der Waals surface area contributed by atoms with E-state index in [0.29, 0.717) is 10.8 Å². The SMILES string of the molecule is COC(=O)C[C@@H]1N=C(c2ccc(-c3ccc(O)cc3Cl)cc2)c2c(sc(C)c2C)-n2c(C)nnc21. The highest BCUT2D eigenvalue weighted by atomic mass is 35.5. The minimum atomic E-state index is -0.538. The monoisotopic (exact) mass is 506 g/mol. The number of thiophene rings is 1. The van der Waals surface area contributed by atoms with Crippen LogP contribution >= 0.6 is 22.9 Å². The molecule has 0 unspecified atom stereocenters. The molecule has 0 spiro atoms. The quantitative estimate of drug-likeness (QED) is 0.357. The number of aliphatic imine (C=N–C) groups is 1. The van der Waals surface area contributed by atoms with E-state index in [9.17, 15) is 9.90 Å². The highest BCUT2D eigenvalue weighted by Gasteiger charge is 2.32. The number of hydrogen-bond donors (Lipinski definition) is 1. The van der Waals surface area contributed by atoms with Crippen LogP contribution < -0.4 is 0 Å². The summed E-state index contributed by atoms with van der Waals surface area (Å²) in [6.45, 7) is 6.08. The smallest absolute Gasteiger partial charge is 0.308 e. The van der Waals surface area contributed by atoms with Gasteiger partial charge >= 0.3 is 5.97 Å². The van der Waals surface area contributed by atoms with Gasteiger partial charge < -0.3 is 9.84 Å². The Morgan fingerprint density at radius 3 is 2.51 bits per heavy atom. The van der Waals surface area contributed by atoms with E-state index in [1.165, 1.54) is 18.1 Å². The summed E-state index contributed by atoms with van der Waals surface area (Å²) in [7, 11) is 1.37. The van der Waals surface area contributed by atoms with E-state index < -0.39 is 6.04 Å². The lowest BCUT2D eigenvalue weighted by atomic mass is 9.97. The Morgan fingerprint density at radius 1 is 1.11 bits per heavy atom. The van der Waals surface area contributed by atoms with Gasteiger partial charge in [0.1, 0.15) is 22.6 Å². The van der Waals surface area contributed by atoms with Crippen LogP contribution in [0.5, 0.6) is 5.75 Å². The first-order chi connectivity index (χ1) is 16.8. The number of fused-ring (bicyclic) bond motifs is 3. The normalized spacial score (nSPS) is 14.7. The number of carbonyl (C=O) groups excluding carboxylic acids is 1. The standard InChI is InChI=1S/C26H23ClN4O3S/c1-13-14(2)35-26-23(13)24(28-21(12-22(33)34-4)25-30-29-15(3)31(25)26)17-7-5-16(6-8-17)19-10-9-18(32)11-20(19)27/h5-11,21,32H,12H2,1-4H3/t21-/m0/s1. The highest BCUT2D eigenvalue weighted by Crippen LogP contribution is 2.40. The topological polar surface area (TPSA) is 89.6 Å². The molecule has 0 bridgehead atoms. The molecule has 4 aromatic rings. The first kappa shape index (κ1) is 23.3. The Kier molecular flexibility index (Phi) is 5.94. The Bertz CT molecular complexity index is 1490. The number of hydrogen-bond acceptors (Lipinski definition) is 7. The summed E-state index contributed by atoms with van der Waals surface area (Å²) in [4.78, 5) is 18.5. The molecule has 3 heterocycles. The van der Waals surface area contributed by atoms with Gasteiger partial charge in [-0.1, -0.05) is 35.9 Å². The van der Waals surface area contributed by atoms with Crippen molar-refractivity contribution in [3.63, 3.8) is 0 Å². The average Bonchev–Trinajstić information content (AvgIpc) is 3.31. The van der Waals surface area contributed by atoms with Gasteiger partial charge in [0.05, 0.1) is 24.3 Å². The molecule has 2 aromatic heterocycles. The van der Waals surface area contributed by atoms with Crippen LogP contribution in [0.4, 0.5) is 0 Å². The summed E-state index contributed by atoms with van der Waals surface area (Å²) in [6.07, 6.45) is 0.0618. The second kappa shape index (κ2) is 8.94. The molecule has 0 saturated carbocycles. The van der Waals surface area contributed by atoms with Gasteiger partial charge in [0, 0.05) is 21.6 Å². The van der Waals surface area contributed by atoms with Gasteiger partial charge in [0.2, 0.25) is 0 Å². The fourth-order valence-corrected chi connectivity index (χ4v) is 5.81. The van der Waals surface area contributed by atoms with Crippen molar-refractivity contribution < 1.29 is 14.6 Å². The molecule has 9 heteroatoms. The number of carbonyl (C=O) groups is 1. The summed E-state index contributed by atoms with van der Waals surface area (Å²) in [6, 6.07) is 12.4. The van der Waals surface area contributed by atoms with Crippen molar-refractivity contribution >= 4 is 34.6 Å². The summed E-state index contributed by atoms with van der Waals surface area (Å²) < 4.78 is 6.96. The number of methoxy groups -OCH3 is 1. The number of aromatic nitrogens is 3. The Balaban J connectivity index is 1.67. The van der Waals surface area contributed by atoms with Crippen molar-refractivity contribution in [1.29, 1.82) is 0 Å². The van der Waals surface area contributed by atoms with E-state index in [0.717, 1.165) is 44.4 Å². The Hall–Kier alpha value is -3.49. The maximum Gasteiger partial charge on any atom is 0.308 e. The van der Waals surface area contributed by atoms with Gasteiger partial charge in [-0.25, -0.2) is 0 Å². The lowest BCUT2D eigenvalue weighted by Crippen LogP contribution is -2.12. The van der Waals surface area contributed by atoms with Gasteiger partial charge in [-0.2, -0.15) is 0 Å². The van der Waals surface area contributed by atoms with Crippen LogP contribution in [0, 0.1) is 20.8 Å². The molecule has 178 valence electrons. The number of nitrogens with zero attached hydrogens (tertiary/aromatic N) is 4. The largest absolute Gasteiger partial charge is 0.508 e. The molecule has 1 N–H and O–H groups in total. The number of rotatable bonds is 4. The average molecular weight is 507 g/mol. The number of phenolic OH excluding ortho intramolecular Hbond substituents is 1. The number of aromatic hydroxyl groups is 1. The van der Waals surface area contributed by atoms with Crippen LogP contribution in [0.1, 0.15) is 45.7 Å². The molecular weight excluding hydrogens is 484 g/mol. The number of aryl methyl sites for hydroxylation is 2. The van der Waals surface area contributed by atoms with E-state index in [1.54, 1.807) is 23.5 Å². The maximum absolute atomic E-state index is 12.3. The lowest BCUT2D eigenvalue weighted by Gasteiger charge is -2.12. The van der Waals surface area contributed by atoms with Crippen molar-refractivity contribution in [2.24, 2.45) is 4.99 Å². The van der Waals surface area contributed by atoms with Gasteiger partial charge in [0.25, 0.3) is 0 Å². The summed E-state index contributed by atoms with van der Waals surface area (Å²) in [5.41, 5.74) is 5.60. The second-order valence-corrected chi connectivity index (χ2v) is 10.0. The third kappa shape index (κ3) is 4.02. The van der Waals surface area contributed by atoms with Crippen molar-refractivity contribution in [2.75, 3.05) is 7.11 Å². The molecule has 0 saturated heterocycles. The van der Waals surface area contributed by atoms with Gasteiger partial charge in [0.15, 0.2) is 5.82 Å². The molecule has 0 amide bonds. The zero-order valence-electron chi connectivity index (χ0n) is 19.7. The van der Waals surface area contributed by atoms with Crippen LogP contribution in [-0.2, 0) is 9.53 Å². The van der Waals surface area contributed by atoms with Gasteiger partial charge in [-0.05, 0) is 50.1 Å². The highest BCUT2D eigenvalue weighted by molar-refractivity contribution is 7.15. The molecule has 0 fully saturated rings. The van der Waals surface area contributed by atoms with Crippen molar-refractivity contribution in [1.82, 2.24) is 14.8 Å². The Labute approximate surface area is 211 Å². The minimum Gasteiger partial charge on any atom is -0.508 e. The number of esters is 1. The predicted octanol–water partition coefficient (Wildman–Crippen LogP) is 5.74. The number of ether oxygens (including phenoxy) is 1. The molecule has 7 nitrogen and oxygen atoms in total. The summed E-state index contributed by atoms with van der Waals surface area (Å²) in [5.74, 6) is 1.13. The van der Waals surface area contributed by atoms with Crippen molar-refractivity contribution in [3.05, 3.63) is 80.7 Å². The molecule has 0 radical (unpaired) electrons. The third-order valence-corrected chi connectivity index (χ3v) is 7.75. The third-order valence-electron chi connectivity index (χ3n) is 6.25. The van der Waals surface area contributed by atoms with E-state index >= 15 is 0 Å². The fourth-order valence-electron chi connectivity index (χ4n) is 4.31. The second-order valence-electron chi connectivity index (χ2n) is 8.42. The van der Waals surface area contributed by atoms with E-state index in [4.69, 9.17) is 21.3 Å². The number of phenols is 1. The van der Waals surface area contributed by atoms with Gasteiger partial charge in [-0.3, -0.25) is 14.4 Å². The van der Waals surface area contributed by atoms with Crippen LogP contribution in [0.3, 0.4) is 0 Å². The van der Waals surface area contributed by atoms with Crippen LogP contribution in [0.2, 0.25) is 5.02 Å². The molecule has 1 aliphatic heterocycles. The molecule has 1 aliphatic rings. The van der Waals surface area contributed by atoms with Crippen molar-refractivity contribution in [2.45, 2.75) is 33.2 Å². The summed E-state index contributed by atoms with van der Waals surface area (Å²) >= 11 is 8.02. The fraction of sp³-hybridized carbons (Fsp3) is 0.231. The lowest BCUT2D eigenvalue weighted by molar-refractivity contribution is -0.141. The van der Waals surface area contributed by atoms with Crippen molar-refractivity contribution in [3.8, 4) is 21.9 Å². The first-order valence-corrected chi connectivity index (χ1v) is 12.2. The van der Waals surface area contributed by atoms with Gasteiger partial charge in [-0.15, -0.1) is 21.5 Å². The summed E-state index contributed by atoms with van der Waals surface area (Å²) in [5, 5.41) is 19.8. The van der Waals surface area contributed by atoms with E-state index in [1.807, 2.05) is 35.8 Å². The molecule has 1 atom stereocenters. The Morgan fingerprint density at radius 2 is 1.83 bits per heavy atom. The van der Waals surface area contributed by atoms with Crippen LogP contribution in [0.15, 0.2) is 47.5 Å². The predicted molar refractivity (Wildman–Crippen MR) is 137 cm³/mol. The van der Waals surface area contributed by atoms with E-state index in [2.05, 4.69) is 24.0 Å². The molecule has 2 aromatic carbocycles. The number of halogens is 1. The zero-order chi connectivity index (χ0) is 24.9. The van der Waals surface area contributed by atoms with Crippen LogP contribution in [-0.4, -0.2) is 38.7 Å². The van der Waals surface area contributed by atoms with E-state index in [-0.39, 0.29) is 18.1 Å². The molecule has 5 rings (SSSR count). The minimum absolute atomic E-state index is 0.0618. The van der Waals surface area contributed by atoms with Crippen LogP contribution in [0.25, 0.3) is 16.1 Å². The molecule has 35 heavy (non-hydrogen) atoms. The molecule has 0 aliphatic carbocycles. The zero-order valence-corrected chi connectivity index (χ0v) is 21.2. The molecular formula is C26H23ClN4O3S. The number of benzene rings is 2. The maximum atomic E-state index is 12.3.